The highest BCUT2D eigenvalue weighted by Gasteiger charge is 2.25. The third kappa shape index (κ3) is 2.79. The van der Waals surface area contributed by atoms with Crippen molar-refractivity contribution in [2.24, 2.45) is 0 Å². The van der Waals surface area contributed by atoms with Gasteiger partial charge in [0, 0.05) is 6.26 Å². The molecule has 1 aromatic heterocycles. The highest BCUT2D eigenvalue weighted by molar-refractivity contribution is 7.90. The predicted octanol–water partition coefficient (Wildman–Crippen LogP) is 2.08. The van der Waals surface area contributed by atoms with Crippen molar-refractivity contribution in [2.45, 2.75) is 31.2 Å². The van der Waals surface area contributed by atoms with Crippen LogP contribution in [0, 0.1) is 0 Å². The molecule has 0 unspecified atom stereocenters. The molecule has 5 nitrogen and oxygen atoms in total. The fraction of sp³-hybridized carbons (Fsp3) is 0.462. The van der Waals surface area contributed by atoms with E-state index >= 15 is 0 Å². The van der Waals surface area contributed by atoms with E-state index in [0.717, 1.165) is 6.54 Å². The molecule has 0 aliphatic rings. The lowest BCUT2D eigenvalue weighted by atomic mass is 10.1. The van der Waals surface area contributed by atoms with Crippen LogP contribution >= 0.6 is 0 Å². The Hall–Kier alpha value is -1.40. The third-order valence-corrected chi connectivity index (χ3v) is 4.05. The second-order valence-electron chi connectivity index (χ2n) is 5.08. The molecular formula is C13H18N2O3S. The maximum atomic E-state index is 11.5. The summed E-state index contributed by atoms with van der Waals surface area (Å²) < 4.78 is 28.7. The molecule has 0 saturated heterocycles. The van der Waals surface area contributed by atoms with Crippen LogP contribution in [0.4, 0.5) is 0 Å². The van der Waals surface area contributed by atoms with E-state index in [1.807, 2.05) is 20.8 Å². The van der Waals surface area contributed by atoms with Gasteiger partial charge >= 0.3 is 0 Å². The molecule has 0 fully saturated rings. The summed E-state index contributed by atoms with van der Waals surface area (Å²) >= 11 is 0. The van der Waals surface area contributed by atoms with Crippen LogP contribution in [0.5, 0.6) is 0 Å². The van der Waals surface area contributed by atoms with Crippen LogP contribution in [0.15, 0.2) is 27.5 Å². The van der Waals surface area contributed by atoms with Gasteiger partial charge in [-0.15, -0.1) is 0 Å². The molecule has 0 saturated carbocycles. The van der Waals surface area contributed by atoms with Crippen LogP contribution in [-0.2, 0) is 15.4 Å². The van der Waals surface area contributed by atoms with Crippen LogP contribution in [0.2, 0.25) is 0 Å². The van der Waals surface area contributed by atoms with Gasteiger partial charge in [0.2, 0.25) is 5.89 Å². The minimum absolute atomic E-state index is 0.251. The lowest BCUT2D eigenvalue weighted by Gasteiger charge is -2.21. The minimum atomic E-state index is -3.23. The Morgan fingerprint density at radius 2 is 2.05 bits per heavy atom. The summed E-state index contributed by atoms with van der Waals surface area (Å²) in [7, 11) is -3.23. The van der Waals surface area contributed by atoms with E-state index in [1.54, 1.807) is 12.1 Å². The highest BCUT2D eigenvalue weighted by atomic mass is 32.2. The summed E-state index contributed by atoms with van der Waals surface area (Å²) in [6.45, 7) is 6.74. The van der Waals surface area contributed by atoms with Gasteiger partial charge in [-0.25, -0.2) is 13.4 Å². The number of rotatable bonds is 4. The summed E-state index contributed by atoms with van der Waals surface area (Å²) in [4.78, 5) is 4.63. The Morgan fingerprint density at radius 3 is 2.63 bits per heavy atom. The van der Waals surface area contributed by atoms with Gasteiger partial charge in [-0.05, 0) is 38.6 Å². The van der Waals surface area contributed by atoms with Crippen molar-refractivity contribution < 1.29 is 12.8 Å². The Bertz CT molecular complexity index is 702. The Labute approximate surface area is 112 Å². The molecule has 0 radical (unpaired) electrons. The molecule has 0 atom stereocenters. The zero-order valence-corrected chi connectivity index (χ0v) is 12.3. The van der Waals surface area contributed by atoms with E-state index in [2.05, 4.69) is 10.3 Å². The van der Waals surface area contributed by atoms with E-state index in [0.29, 0.717) is 17.0 Å². The van der Waals surface area contributed by atoms with Crippen molar-refractivity contribution in [1.82, 2.24) is 10.3 Å². The summed E-state index contributed by atoms with van der Waals surface area (Å²) in [5.41, 5.74) is 0.760. The zero-order valence-electron chi connectivity index (χ0n) is 11.5. The van der Waals surface area contributed by atoms with Crippen LogP contribution < -0.4 is 5.32 Å². The molecule has 1 aromatic carbocycles. The topological polar surface area (TPSA) is 72.2 Å². The summed E-state index contributed by atoms with van der Waals surface area (Å²) in [5, 5.41) is 3.27. The van der Waals surface area contributed by atoms with Crippen molar-refractivity contribution >= 4 is 20.9 Å². The largest absolute Gasteiger partial charge is 0.439 e. The Morgan fingerprint density at radius 1 is 1.37 bits per heavy atom. The van der Waals surface area contributed by atoms with Gasteiger partial charge in [0.25, 0.3) is 0 Å². The number of oxazole rings is 1. The molecule has 1 N–H and O–H groups in total. The first-order chi connectivity index (χ1) is 8.74. The van der Waals surface area contributed by atoms with Crippen molar-refractivity contribution in [3.05, 3.63) is 24.1 Å². The second-order valence-corrected chi connectivity index (χ2v) is 7.09. The van der Waals surface area contributed by atoms with E-state index in [1.165, 1.54) is 12.3 Å². The Balaban J connectivity index is 2.53. The number of nitrogens with zero attached hydrogens (tertiary/aromatic N) is 1. The first kappa shape index (κ1) is 14.0. The number of hydrogen-bond acceptors (Lipinski definition) is 5. The molecule has 6 heteroatoms. The monoisotopic (exact) mass is 282 g/mol. The molecule has 0 amide bonds. The third-order valence-electron chi connectivity index (χ3n) is 2.94. The van der Waals surface area contributed by atoms with Gasteiger partial charge in [-0.1, -0.05) is 6.92 Å². The van der Waals surface area contributed by atoms with Crippen molar-refractivity contribution in [3.63, 3.8) is 0 Å². The normalized spacial score (nSPS) is 13.1. The molecule has 2 aromatic rings. The van der Waals surface area contributed by atoms with E-state index in [-0.39, 0.29) is 10.4 Å². The first-order valence-corrected chi connectivity index (χ1v) is 7.99. The second kappa shape index (κ2) is 4.61. The Kier molecular flexibility index (Phi) is 3.40. The van der Waals surface area contributed by atoms with Crippen molar-refractivity contribution in [2.75, 3.05) is 12.8 Å². The lowest BCUT2D eigenvalue weighted by molar-refractivity contribution is 0.323. The van der Waals surface area contributed by atoms with Gasteiger partial charge in [0.15, 0.2) is 15.4 Å². The summed E-state index contributed by atoms with van der Waals surface area (Å²) in [5.74, 6) is 0.551. The van der Waals surface area contributed by atoms with Crippen molar-refractivity contribution in [3.8, 4) is 0 Å². The van der Waals surface area contributed by atoms with Gasteiger partial charge in [-0.3, -0.25) is 0 Å². The zero-order chi connectivity index (χ0) is 14.3. The average Bonchev–Trinajstić information content (AvgIpc) is 2.70. The molecule has 104 valence electrons. The number of benzene rings is 1. The van der Waals surface area contributed by atoms with Gasteiger partial charge in [0.1, 0.15) is 5.52 Å². The maximum absolute atomic E-state index is 11.5. The molecule has 1 heterocycles. The van der Waals surface area contributed by atoms with E-state index < -0.39 is 9.84 Å². The standard InChI is InChI=1S/C13H18N2O3S/c1-5-14-13(2,3)12-15-10-8-9(19(4,16)17)6-7-11(10)18-12/h6-8,14H,5H2,1-4H3. The average molecular weight is 282 g/mol. The first-order valence-electron chi connectivity index (χ1n) is 6.10. The molecule has 0 bridgehead atoms. The van der Waals surface area contributed by atoms with Crippen LogP contribution in [-0.4, -0.2) is 26.2 Å². The van der Waals surface area contributed by atoms with E-state index in [4.69, 9.17) is 4.42 Å². The molecule has 0 spiro atoms. The number of nitrogens with one attached hydrogen (secondary N) is 1. The molecular weight excluding hydrogens is 264 g/mol. The molecule has 0 aliphatic carbocycles. The predicted molar refractivity (Wildman–Crippen MR) is 73.8 cm³/mol. The van der Waals surface area contributed by atoms with Crippen molar-refractivity contribution in [1.29, 1.82) is 0 Å². The summed E-state index contributed by atoms with van der Waals surface area (Å²) in [6.07, 6.45) is 1.18. The quantitative estimate of drug-likeness (QED) is 0.929. The number of sulfone groups is 1. The minimum Gasteiger partial charge on any atom is -0.439 e. The summed E-state index contributed by atoms with van der Waals surface area (Å²) in [6, 6.07) is 4.72. The highest BCUT2D eigenvalue weighted by Crippen LogP contribution is 2.26. The van der Waals surface area contributed by atoms with Crippen LogP contribution in [0.3, 0.4) is 0 Å². The molecule has 2 rings (SSSR count). The number of aromatic nitrogens is 1. The molecule has 0 aliphatic heterocycles. The maximum Gasteiger partial charge on any atom is 0.215 e. The van der Waals surface area contributed by atoms with Gasteiger partial charge in [-0.2, -0.15) is 0 Å². The van der Waals surface area contributed by atoms with Gasteiger partial charge in [0.05, 0.1) is 10.4 Å². The van der Waals surface area contributed by atoms with E-state index in [9.17, 15) is 8.42 Å². The number of fused-ring (bicyclic) bond motifs is 1. The smallest absolute Gasteiger partial charge is 0.215 e. The van der Waals surface area contributed by atoms with Crippen LogP contribution in [0.1, 0.15) is 26.7 Å². The van der Waals surface area contributed by atoms with Gasteiger partial charge < -0.3 is 9.73 Å². The van der Waals surface area contributed by atoms with Crippen LogP contribution in [0.25, 0.3) is 11.1 Å². The fourth-order valence-electron chi connectivity index (χ4n) is 1.92. The SMILES string of the molecule is CCNC(C)(C)c1nc2cc(S(C)(=O)=O)ccc2o1. The fourth-order valence-corrected chi connectivity index (χ4v) is 2.56. The number of hydrogen-bond donors (Lipinski definition) is 1. The lowest BCUT2D eigenvalue weighted by Crippen LogP contribution is -2.36. The molecule has 19 heavy (non-hydrogen) atoms.